The standard InChI is InChI=1S/C36H42Br2N4S/c1-3-5-7-9-11-13-15-25-17-21-27(22-18-25)31-32(28-23-19-26(20-24-28)16-14-12-10-8-6-4-2)40-34-30(38)36-35(41-43-42-36)29(37)33(34)39-31/h17-24H,3-16H2,1-2H3. The number of nitrogens with zero attached hydrogens (tertiary/aromatic N) is 4. The van der Waals surface area contributed by atoms with Gasteiger partial charge >= 0.3 is 0 Å². The van der Waals surface area contributed by atoms with E-state index in [1.807, 2.05) is 0 Å². The molecular weight excluding hydrogens is 680 g/mol. The van der Waals surface area contributed by atoms with Crippen LogP contribution in [-0.4, -0.2) is 18.7 Å². The maximum absolute atomic E-state index is 5.25. The van der Waals surface area contributed by atoms with Crippen LogP contribution in [0.25, 0.3) is 44.6 Å². The molecule has 0 radical (unpaired) electrons. The quantitative estimate of drug-likeness (QED) is 0.0952. The van der Waals surface area contributed by atoms with Crippen LogP contribution in [0.2, 0.25) is 0 Å². The average Bonchev–Trinajstić information content (AvgIpc) is 3.54. The summed E-state index contributed by atoms with van der Waals surface area (Å²) in [6.45, 7) is 4.54. The monoisotopic (exact) mass is 720 g/mol. The van der Waals surface area contributed by atoms with Crippen LogP contribution < -0.4 is 0 Å². The van der Waals surface area contributed by atoms with Crippen LogP contribution in [0.15, 0.2) is 57.5 Å². The zero-order valence-electron chi connectivity index (χ0n) is 25.5. The summed E-state index contributed by atoms with van der Waals surface area (Å²) in [5.74, 6) is 0. The van der Waals surface area contributed by atoms with Crippen molar-refractivity contribution in [3.63, 3.8) is 0 Å². The van der Waals surface area contributed by atoms with E-state index in [1.165, 1.54) is 99.9 Å². The molecule has 43 heavy (non-hydrogen) atoms. The van der Waals surface area contributed by atoms with Crippen molar-refractivity contribution in [2.75, 3.05) is 0 Å². The molecule has 0 aliphatic carbocycles. The Labute approximate surface area is 277 Å². The van der Waals surface area contributed by atoms with Gasteiger partial charge in [-0.2, -0.15) is 8.75 Å². The highest BCUT2D eigenvalue weighted by Crippen LogP contribution is 2.40. The van der Waals surface area contributed by atoms with Gasteiger partial charge in [0.25, 0.3) is 0 Å². The Hall–Kier alpha value is -2.22. The van der Waals surface area contributed by atoms with Crippen molar-refractivity contribution in [3.8, 4) is 22.5 Å². The topological polar surface area (TPSA) is 51.6 Å². The van der Waals surface area contributed by atoms with Crippen molar-refractivity contribution in [3.05, 3.63) is 68.6 Å². The zero-order valence-corrected chi connectivity index (χ0v) is 29.5. The highest BCUT2D eigenvalue weighted by molar-refractivity contribution is 9.11. The Bertz CT molecular complexity index is 1490. The first-order valence-electron chi connectivity index (χ1n) is 16.1. The second-order valence-corrected chi connectivity index (χ2v) is 13.8. The fourth-order valence-electron chi connectivity index (χ4n) is 5.72. The van der Waals surface area contributed by atoms with Crippen LogP contribution >= 0.6 is 43.6 Å². The van der Waals surface area contributed by atoms with Gasteiger partial charge in [-0.1, -0.05) is 127 Å². The van der Waals surface area contributed by atoms with E-state index in [9.17, 15) is 0 Å². The number of aryl methyl sites for hydroxylation is 2. The summed E-state index contributed by atoms with van der Waals surface area (Å²) in [6, 6.07) is 17.9. The molecule has 2 heterocycles. The Morgan fingerprint density at radius 2 is 0.860 bits per heavy atom. The minimum Gasteiger partial charge on any atom is -0.243 e. The molecule has 0 bridgehead atoms. The Kier molecular flexibility index (Phi) is 12.1. The van der Waals surface area contributed by atoms with E-state index in [4.69, 9.17) is 9.97 Å². The number of hydrogen-bond acceptors (Lipinski definition) is 5. The Balaban J connectivity index is 1.43. The molecule has 226 valence electrons. The lowest BCUT2D eigenvalue weighted by Gasteiger charge is -2.14. The molecule has 0 amide bonds. The van der Waals surface area contributed by atoms with Gasteiger partial charge in [0, 0.05) is 11.1 Å². The summed E-state index contributed by atoms with van der Waals surface area (Å²) >= 11 is 8.76. The third kappa shape index (κ3) is 8.09. The lowest BCUT2D eigenvalue weighted by atomic mass is 9.98. The fourth-order valence-corrected chi connectivity index (χ4v) is 7.62. The predicted octanol–water partition coefficient (Wildman–Crippen LogP) is 12.3. The average molecular weight is 723 g/mol. The van der Waals surface area contributed by atoms with Gasteiger partial charge in [-0.05, 0) is 68.7 Å². The number of benzene rings is 3. The molecule has 0 N–H and O–H groups in total. The van der Waals surface area contributed by atoms with Gasteiger partial charge in [-0.3, -0.25) is 0 Å². The summed E-state index contributed by atoms with van der Waals surface area (Å²) in [4.78, 5) is 10.5. The molecule has 0 aliphatic heterocycles. The number of halogens is 2. The van der Waals surface area contributed by atoms with E-state index < -0.39 is 0 Å². The SMILES string of the molecule is CCCCCCCCc1ccc(-c2nc3c(Br)c4nsnc4c(Br)c3nc2-c2ccc(CCCCCCCC)cc2)cc1. The number of hydrogen-bond donors (Lipinski definition) is 0. The first-order chi connectivity index (χ1) is 21.1. The third-order valence-corrected chi connectivity index (χ3v) is 10.3. The third-order valence-electron chi connectivity index (χ3n) is 8.31. The highest BCUT2D eigenvalue weighted by Gasteiger charge is 2.21. The molecule has 0 saturated carbocycles. The first-order valence-corrected chi connectivity index (χ1v) is 18.4. The van der Waals surface area contributed by atoms with Crippen molar-refractivity contribution in [1.29, 1.82) is 0 Å². The molecule has 0 fully saturated rings. The van der Waals surface area contributed by atoms with Crippen molar-refractivity contribution in [1.82, 2.24) is 18.7 Å². The maximum Gasteiger partial charge on any atom is 0.122 e. The van der Waals surface area contributed by atoms with Gasteiger partial charge in [0.05, 0.1) is 32.1 Å². The molecule has 0 saturated heterocycles. The second kappa shape index (κ2) is 16.2. The molecule has 0 spiro atoms. The predicted molar refractivity (Wildman–Crippen MR) is 191 cm³/mol. The van der Waals surface area contributed by atoms with Gasteiger partial charge in [-0.25, -0.2) is 9.97 Å². The maximum atomic E-state index is 5.25. The molecule has 0 atom stereocenters. The van der Waals surface area contributed by atoms with Crippen molar-refractivity contribution >= 4 is 65.7 Å². The van der Waals surface area contributed by atoms with E-state index in [2.05, 4.69) is 103 Å². The van der Waals surface area contributed by atoms with Crippen molar-refractivity contribution < 1.29 is 0 Å². The lowest BCUT2D eigenvalue weighted by molar-refractivity contribution is 0.607. The second-order valence-electron chi connectivity index (χ2n) is 11.6. The van der Waals surface area contributed by atoms with E-state index in [1.54, 1.807) is 0 Å². The number of aromatic nitrogens is 4. The van der Waals surface area contributed by atoms with E-state index in [0.29, 0.717) is 0 Å². The molecule has 3 aromatic carbocycles. The van der Waals surface area contributed by atoms with Gasteiger partial charge in [0.2, 0.25) is 0 Å². The summed E-state index contributed by atoms with van der Waals surface area (Å²) in [7, 11) is 0. The summed E-state index contributed by atoms with van der Waals surface area (Å²) in [5, 5.41) is 0. The molecule has 5 rings (SSSR count). The van der Waals surface area contributed by atoms with Gasteiger partial charge < -0.3 is 0 Å². The van der Waals surface area contributed by atoms with Crippen LogP contribution in [0.5, 0.6) is 0 Å². The molecule has 2 aromatic heterocycles. The number of fused-ring (bicyclic) bond motifs is 2. The highest BCUT2D eigenvalue weighted by atomic mass is 79.9. The summed E-state index contributed by atoms with van der Waals surface area (Å²) < 4.78 is 10.7. The minimum atomic E-state index is 0.793. The minimum absolute atomic E-state index is 0.793. The van der Waals surface area contributed by atoms with Crippen LogP contribution in [-0.2, 0) is 12.8 Å². The van der Waals surface area contributed by atoms with E-state index >= 15 is 0 Å². The molecule has 4 nitrogen and oxygen atoms in total. The Morgan fingerprint density at radius 3 is 1.26 bits per heavy atom. The van der Waals surface area contributed by atoms with Gasteiger partial charge in [-0.15, -0.1) is 0 Å². The largest absolute Gasteiger partial charge is 0.243 e. The first kappa shape index (κ1) is 32.2. The van der Waals surface area contributed by atoms with Crippen LogP contribution in [0.3, 0.4) is 0 Å². The normalized spacial score (nSPS) is 11.6. The fraction of sp³-hybridized carbons (Fsp3) is 0.444. The lowest BCUT2D eigenvalue weighted by Crippen LogP contribution is -1.98. The molecule has 7 heteroatoms. The van der Waals surface area contributed by atoms with E-state index in [0.717, 1.165) is 66.4 Å². The number of unbranched alkanes of at least 4 members (excludes halogenated alkanes) is 10. The summed E-state index contributed by atoms with van der Waals surface area (Å²) in [6.07, 6.45) is 18.0. The summed E-state index contributed by atoms with van der Waals surface area (Å²) in [5.41, 5.74) is 9.90. The van der Waals surface area contributed by atoms with Crippen molar-refractivity contribution in [2.24, 2.45) is 0 Å². The van der Waals surface area contributed by atoms with Crippen LogP contribution in [0.4, 0.5) is 0 Å². The molecule has 5 aromatic rings. The molecule has 0 unspecified atom stereocenters. The molecular formula is C36H42Br2N4S. The van der Waals surface area contributed by atoms with E-state index in [-0.39, 0.29) is 0 Å². The van der Waals surface area contributed by atoms with Crippen molar-refractivity contribution in [2.45, 2.75) is 104 Å². The van der Waals surface area contributed by atoms with Gasteiger partial charge in [0.1, 0.15) is 22.1 Å². The van der Waals surface area contributed by atoms with Gasteiger partial charge in [0.15, 0.2) is 0 Å². The number of rotatable bonds is 16. The smallest absolute Gasteiger partial charge is 0.122 e. The van der Waals surface area contributed by atoms with Crippen LogP contribution in [0, 0.1) is 0 Å². The molecule has 0 aliphatic rings. The Morgan fingerprint density at radius 1 is 0.488 bits per heavy atom. The zero-order chi connectivity index (χ0) is 30.0. The van der Waals surface area contributed by atoms with Crippen LogP contribution in [0.1, 0.15) is 102 Å².